The van der Waals surface area contributed by atoms with Crippen molar-refractivity contribution < 1.29 is 4.74 Å². The van der Waals surface area contributed by atoms with E-state index in [1.54, 1.807) is 0 Å². The minimum absolute atomic E-state index is 0.596. The normalized spacial score (nSPS) is 9.87. The number of hydrogen-bond donors (Lipinski definition) is 1. The van der Waals surface area contributed by atoms with Gasteiger partial charge in [0.1, 0.15) is 0 Å². The topological polar surface area (TPSA) is 21.3 Å². The van der Waals surface area contributed by atoms with E-state index in [4.69, 9.17) is 11.2 Å². The van der Waals surface area contributed by atoms with E-state index in [0.717, 1.165) is 16.6 Å². The molecule has 0 radical (unpaired) electrons. The summed E-state index contributed by atoms with van der Waals surface area (Å²) in [6.07, 6.45) is 5.09. The van der Waals surface area contributed by atoms with Gasteiger partial charge < -0.3 is 10.1 Å². The molecule has 0 saturated carbocycles. The fourth-order valence-electron chi connectivity index (χ4n) is 1.10. The van der Waals surface area contributed by atoms with Gasteiger partial charge in [-0.2, -0.15) is 0 Å². The number of benzene rings is 1. The fraction of sp³-hybridized carbons (Fsp3) is 0.333. The summed E-state index contributed by atoms with van der Waals surface area (Å²) in [7, 11) is 0. The SMILES string of the molecule is C#CCNCCOCc1ccccc1Br. The van der Waals surface area contributed by atoms with Gasteiger partial charge in [-0.1, -0.05) is 40.0 Å². The molecule has 0 aliphatic carbocycles. The summed E-state index contributed by atoms with van der Waals surface area (Å²) in [6.45, 7) is 2.68. The van der Waals surface area contributed by atoms with Crippen molar-refractivity contribution in [3.63, 3.8) is 0 Å². The van der Waals surface area contributed by atoms with Crippen LogP contribution in [0.3, 0.4) is 0 Å². The van der Waals surface area contributed by atoms with E-state index in [0.29, 0.717) is 19.8 Å². The van der Waals surface area contributed by atoms with Crippen LogP contribution in [-0.4, -0.2) is 19.7 Å². The van der Waals surface area contributed by atoms with Crippen LogP contribution < -0.4 is 5.32 Å². The van der Waals surface area contributed by atoms with Crippen LogP contribution in [0, 0.1) is 12.3 Å². The Hall–Kier alpha value is -0.820. The first-order valence-corrected chi connectivity index (χ1v) is 5.59. The van der Waals surface area contributed by atoms with Gasteiger partial charge >= 0.3 is 0 Å². The van der Waals surface area contributed by atoms with Crippen molar-refractivity contribution in [2.24, 2.45) is 0 Å². The molecule has 0 saturated heterocycles. The van der Waals surface area contributed by atoms with Gasteiger partial charge in [0.05, 0.1) is 19.8 Å². The lowest BCUT2D eigenvalue weighted by Crippen LogP contribution is -2.19. The van der Waals surface area contributed by atoms with Gasteiger partial charge in [-0.15, -0.1) is 6.42 Å². The minimum atomic E-state index is 0.596. The van der Waals surface area contributed by atoms with Crippen LogP contribution in [0.25, 0.3) is 0 Å². The van der Waals surface area contributed by atoms with E-state index in [2.05, 4.69) is 27.2 Å². The second-order valence-corrected chi connectivity index (χ2v) is 3.88. The smallest absolute Gasteiger partial charge is 0.0728 e. The molecule has 0 bridgehead atoms. The number of halogens is 1. The maximum Gasteiger partial charge on any atom is 0.0728 e. The highest BCUT2D eigenvalue weighted by Crippen LogP contribution is 2.16. The lowest BCUT2D eigenvalue weighted by Gasteiger charge is -2.06. The van der Waals surface area contributed by atoms with Crippen LogP contribution in [0.1, 0.15) is 5.56 Å². The van der Waals surface area contributed by atoms with Gasteiger partial charge in [0.2, 0.25) is 0 Å². The molecule has 0 heterocycles. The van der Waals surface area contributed by atoms with Crippen LogP contribution in [0.4, 0.5) is 0 Å². The summed E-state index contributed by atoms with van der Waals surface area (Å²) in [5.74, 6) is 2.51. The minimum Gasteiger partial charge on any atom is -0.375 e. The van der Waals surface area contributed by atoms with Crippen LogP contribution in [-0.2, 0) is 11.3 Å². The van der Waals surface area contributed by atoms with Crippen molar-refractivity contribution in [3.05, 3.63) is 34.3 Å². The zero-order valence-corrected chi connectivity index (χ0v) is 10.1. The molecule has 0 amide bonds. The molecule has 0 aliphatic heterocycles. The third kappa shape index (κ3) is 4.98. The van der Waals surface area contributed by atoms with E-state index < -0.39 is 0 Å². The van der Waals surface area contributed by atoms with E-state index in [9.17, 15) is 0 Å². The highest BCUT2D eigenvalue weighted by atomic mass is 79.9. The zero-order valence-electron chi connectivity index (χ0n) is 8.50. The van der Waals surface area contributed by atoms with Crippen molar-refractivity contribution in [1.82, 2.24) is 5.32 Å². The van der Waals surface area contributed by atoms with Gasteiger partial charge in [0.25, 0.3) is 0 Å². The van der Waals surface area contributed by atoms with E-state index >= 15 is 0 Å². The van der Waals surface area contributed by atoms with Gasteiger partial charge in [-0.05, 0) is 11.6 Å². The Morgan fingerprint density at radius 2 is 2.20 bits per heavy atom. The second kappa shape index (κ2) is 7.47. The fourth-order valence-corrected chi connectivity index (χ4v) is 1.50. The summed E-state index contributed by atoms with van der Waals surface area (Å²) in [6, 6.07) is 8.04. The average Bonchev–Trinajstić information content (AvgIpc) is 2.25. The summed E-state index contributed by atoms with van der Waals surface area (Å²) < 4.78 is 6.57. The van der Waals surface area contributed by atoms with Crippen LogP contribution >= 0.6 is 15.9 Å². The average molecular weight is 268 g/mol. The van der Waals surface area contributed by atoms with E-state index in [1.165, 1.54) is 0 Å². The highest BCUT2D eigenvalue weighted by Gasteiger charge is 1.97. The molecule has 0 spiro atoms. The van der Waals surface area contributed by atoms with Gasteiger partial charge in [0, 0.05) is 11.0 Å². The van der Waals surface area contributed by atoms with E-state index in [-0.39, 0.29) is 0 Å². The molecule has 0 fully saturated rings. The molecular weight excluding hydrogens is 254 g/mol. The molecule has 0 aromatic heterocycles. The van der Waals surface area contributed by atoms with Crippen molar-refractivity contribution in [2.75, 3.05) is 19.7 Å². The molecule has 1 N–H and O–H groups in total. The molecule has 15 heavy (non-hydrogen) atoms. The molecule has 1 rings (SSSR count). The quantitative estimate of drug-likeness (QED) is 0.630. The third-order valence-corrected chi connectivity index (χ3v) is 2.64. The molecule has 1 aromatic carbocycles. The summed E-state index contributed by atoms with van der Waals surface area (Å²) in [5.41, 5.74) is 1.16. The van der Waals surface area contributed by atoms with Crippen LogP contribution in [0.5, 0.6) is 0 Å². The molecule has 0 unspecified atom stereocenters. The Morgan fingerprint density at radius 3 is 2.93 bits per heavy atom. The molecule has 1 aromatic rings. The number of rotatable bonds is 6. The first-order chi connectivity index (χ1) is 7.34. The zero-order chi connectivity index (χ0) is 10.9. The highest BCUT2D eigenvalue weighted by molar-refractivity contribution is 9.10. The van der Waals surface area contributed by atoms with Gasteiger partial charge in [-0.25, -0.2) is 0 Å². The number of ether oxygens (including phenoxy) is 1. The molecule has 3 heteroatoms. The molecule has 80 valence electrons. The Kier molecular flexibility index (Phi) is 6.10. The number of terminal acetylenes is 1. The Morgan fingerprint density at radius 1 is 1.40 bits per heavy atom. The predicted molar refractivity (Wildman–Crippen MR) is 65.5 cm³/mol. The second-order valence-electron chi connectivity index (χ2n) is 3.02. The lowest BCUT2D eigenvalue weighted by molar-refractivity contribution is 0.123. The lowest BCUT2D eigenvalue weighted by atomic mass is 10.2. The van der Waals surface area contributed by atoms with E-state index in [1.807, 2.05) is 24.3 Å². The Labute approximate surface area is 99.2 Å². The molecule has 2 nitrogen and oxygen atoms in total. The standard InChI is InChI=1S/C12H14BrNO/c1-2-7-14-8-9-15-10-11-5-3-4-6-12(11)13/h1,3-6,14H,7-10H2. The van der Waals surface area contributed by atoms with Crippen molar-refractivity contribution in [1.29, 1.82) is 0 Å². The first kappa shape index (κ1) is 12.3. The Balaban J connectivity index is 2.16. The summed E-state index contributed by atoms with van der Waals surface area (Å²) >= 11 is 3.47. The monoisotopic (exact) mass is 267 g/mol. The number of nitrogens with one attached hydrogen (secondary N) is 1. The Bertz CT molecular complexity index is 333. The van der Waals surface area contributed by atoms with Gasteiger partial charge in [-0.3, -0.25) is 0 Å². The third-order valence-electron chi connectivity index (χ3n) is 1.87. The van der Waals surface area contributed by atoms with Crippen molar-refractivity contribution in [3.8, 4) is 12.3 Å². The number of hydrogen-bond acceptors (Lipinski definition) is 2. The van der Waals surface area contributed by atoms with Gasteiger partial charge in [0.15, 0.2) is 0 Å². The first-order valence-electron chi connectivity index (χ1n) is 4.80. The molecule has 0 aliphatic rings. The van der Waals surface area contributed by atoms with Crippen molar-refractivity contribution in [2.45, 2.75) is 6.61 Å². The molecular formula is C12H14BrNO. The summed E-state index contributed by atoms with van der Waals surface area (Å²) in [4.78, 5) is 0. The van der Waals surface area contributed by atoms with Crippen molar-refractivity contribution >= 4 is 15.9 Å². The summed E-state index contributed by atoms with van der Waals surface area (Å²) in [5, 5.41) is 3.06. The maximum atomic E-state index is 5.49. The molecule has 0 atom stereocenters. The largest absolute Gasteiger partial charge is 0.375 e. The maximum absolute atomic E-state index is 5.49. The predicted octanol–water partition coefficient (Wildman–Crippen LogP) is 2.19. The van der Waals surface area contributed by atoms with Crippen LogP contribution in [0.15, 0.2) is 28.7 Å². The van der Waals surface area contributed by atoms with Crippen LogP contribution in [0.2, 0.25) is 0 Å².